The van der Waals surface area contributed by atoms with E-state index in [2.05, 4.69) is 26.7 Å². The fraction of sp³-hybridized carbons (Fsp3) is 0.769. The van der Waals surface area contributed by atoms with Gasteiger partial charge in [0.2, 0.25) is 0 Å². The highest BCUT2D eigenvalue weighted by atomic mass is 16.3. The Hall–Kier alpha value is -0.910. The number of rotatable bonds is 7. The van der Waals surface area contributed by atoms with Crippen LogP contribution in [0.5, 0.6) is 0 Å². The van der Waals surface area contributed by atoms with Gasteiger partial charge in [0.05, 0.1) is 18.6 Å². The Bertz CT molecular complexity index is 347. The van der Waals surface area contributed by atoms with E-state index in [4.69, 9.17) is 0 Å². The van der Waals surface area contributed by atoms with Crippen LogP contribution in [0.3, 0.4) is 0 Å². The summed E-state index contributed by atoms with van der Waals surface area (Å²) in [7, 11) is 0. The van der Waals surface area contributed by atoms with Crippen LogP contribution in [0.2, 0.25) is 0 Å². The summed E-state index contributed by atoms with van der Waals surface area (Å²) in [5, 5.41) is 12.7. The molecule has 1 aliphatic heterocycles. The SMILES string of the molecule is CCn1cncc1CN(CCO)CC1CCCN1. The highest BCUT2D eigenvalue weighted by Gasteiger charge is 2.18. The van der Waals surface area contributed by atoms with Gasteiger partial charge in [-0.1, -0.05) is 0 Å². The number of aliphatic hydroxyl groups is 1. The van der Waals surface area contributed by atoms with Crippen molar-refractivity contribution >= 4 is 0 Å². The lowest BCUT2D eigenvalue weighted by Gasteiger charge is -2.25. The molecule has 0 saturated carbocycles. The first-order valence-electron chi connectivity index (χ1n) is 6.89. The number of aromatic nitrogens is 2. The van der Waals surface area contributed by atoms with Gasteiger partial charge in [-0.25, -0.2) is 4.98 Å². The summed E-state index contributed by atoms with van der Waals surface area (Å²) in [5.74, 6) is 0. The lowest BCUT2D eigenvalue weighted by atomic mass is 10.2. The van der Waals surface area contributed by atoms with Crippen molar-refractivity contribution in [3.63, 3.8) is 0 Å². The third kappa shape index (κ3) is 3.54. The van der Waals surface area contributed by atoms with Crippen LogP contribution in [-0.4, -0.2) is 51.8 Å². The van der Waals surface area contributed by atoms with Crippen LogP contribution in [0, 0.1) is 0 Å². The zero-order chi connectivity index (χ0) is 12.8. The average Bonchev–Trinajstić information content (AvgIpc) is 3.00. The van der Waals surface area contributed by atoms with Crippen LogP contribution in [0.25, 0.3) is 0 Å². The van der Waals surface area contributed by atoms with Gasteiger partial charge in [-0.05, 0) is 26.3 Å². The van der Waals surface area contributed by atoms with Crippen molar-refractivity contribution in [2.75, 3.05) is 26.2 Å². The summed E-state index contributed by atoms with van der Waals surface area (Å²) in [4.78, 5) is 6.51. The van der Waals surface area contributed by atoms with Crippen molar-refractivity contribution in [1.29, 1.82) is 0 Å². The molecule has 5 nitrogen and oxygen atoms in total. The molecule has 2 heterocycles. The minimum atomic E-state index is 0.215. The number of aliphatic hydroxyl groups excluding tert-OH is 1. The number of imidazole rings is 1. The van der Waals surface area contributed by atoms with E-state index in [9.17, 15) is 5.11 Å². The molecule has 18 heavy (non-hydrogen) atoms. The standard InChI is InChI=1S/C13H24N4O/c1-2-17-11-14-8-13(17)10-16(6-7-18)9-12-4-3-5-15-12/h8,11-12,15,18H,2-7,9-10H2,1H3. The Balaban J connectivity index is 1.92. The molecule has 0 spiro atoms. The van der Waals surface area contributed by atoms with Crippen LogP contribution >= 0.6 is 0 Å². The predicted molar refractivity (Wildman–Crippen MR) is 71.3 cm³/mol. The van der Waals surface area contributed by atoms with Gasteiger partial charge in [0, 0.05) is 38.4 Å². The highest BCUT2D eigenvalue weighted by Crippen LogP contribution is 2.10. The summed E-state index contributed by atoms with van der Waals surface area (Å²) in [6, 6.07) is 0.578. The van der Waals surface area contributed by atoms with Crippen LogP contribution in [-0.2, 0) is 13.1 Å². The molecule has 1 aliphatic rings. The zero-order valence-electron chi connectivity index (χ0n) is 11.2. The molecule has 2 N–H and O–H groups in total. The number of hydrogen-bond donors (Lipinski definition) is 2. The Morgan fingerprint density at radius 1 is 1.61 bits per heavy atom. The summed E-state index contributed by atoms with van der Waals surface area (Å²) >= 11 is 0. The second-order valence-electron chi connectivity index (χ2n) is 4.92. The second kappa shape index (κ2) is 6.87. The van der Waals surface area contributed by atoms with Gasteiger partial charge in [-0.3, -0.25) is 4.90 Å². The molecule has 0 radical (unpaired) electrons. The molecule has 1 atom stereocenters. The molecule has 102 valence electrons. The lowest BCUT2D eigenvalue weighted by molar-refractivity contribution is 0.176. The summed E-state index contributed by atoms with van der Waals surface area (Å²) < 4.78 is 2.16. The molecule has 0 aliphatic carbocycles. The van der Waals surface area contributed by atoms with E-state index in [1.54, 1.807) is 0 Å². The Morgan fingerprint density at radius 3 is 3.17 bits per heavy atom. The average molecular weight is 252 g/mol. The van der Waals surface area contributed by atoms with Crippen LogP contribution < -0.4 is 5.32 Å². The smallest absolute Gasteiger partial charge is 0.0948 e. The van der Waals surface area contributed by atoms with Gasteiger partial charge in [0.15, 0.2) is 0 Å². The zero-order valence-corrected chi connectivity index (χ0v) is 11.2. The third-order valence-electron chi connectivity index (χ3n) is 3.58. The first kappa shape index (κ1) is 13.5. The van der Waals surface area contributed by atoms with Crippen LogP contribution in [0.4, 0.5) is 0 Å². The minimum Gasteiger partial charge on any atom is -0.395 e. The third-order valence-corrected chi connectivity index (χ3v) is 3.58. The van der Waals surface area contributed by atoms with Crippen molar-refractivity contribution in [2.45, 2.75) is 38.9 Å². The summed E-state index contributed by atoms with van der Waals surface area (Å²) in [5.41, 5.74) is 1.23. The molecule has 0 aromatic carbocycles. The van der Waals surface area contributed by atoms with Crippen molar-refractivity contribution < 1.29 is 5.11 Å². The maximum Gasteiger partial charge on any atom is 0.0948 e. The number of nitrogens with one attached hydrogen (secondary N) is 1. The van der Waals surface area contributed by atoms with Gasteiger partial charge >= 0.3 is 0 Å². The van der Waals surface area contributed by atoms with Gasteiger partial charge in [0.25, 0.3) is 0 Å². The molecule has 2 rings (SSSR count). The van der Waals surface area contributed by atoms with Crippen LogP contribution in [0.15, 0.2) is 12.5 Å². The van der Waals surface area contributed by atoms with Gasteiger partial charge in [-0.15, -0.1) is 0 Å². The molecule has 1 aromatic rings. The summed E-state index contributed by atoms with van der Waals surface area (Å²) in [6.07, 6.45) is 6.32. The van der Waals surface area contributed by atoms with E-state index in [1.165, 1.54) is 18.5 Å². The molecule has 1 fully saturated rings. The molecular formula is C13H24N4O. The van der Waals surface area contributed by atoms with E-state index in [0.29, 0.717) is 6.04 Å². The molecular weight excluding hydrogens is 228 g/mol. The fourth-order valence-corrected chi connectivity index (χ4v) is 2.59. The largest absolute Gasteiger partial charge is 0.395 e. The maximum absolute atomic E-state index is 9.18. The Labute approximate surface area is 109 Å². The van der Waals surface area contributed by atoms with Gasteiger partial charge < -0.3 is 15.0 Å². The second-order valence-corrected chi connectivity index (χ2v) is 4.92. The van der Waals surface area contributed by atoms with Crippen molar-refractivity contribution in [2.24, 2.45) is 0 Å². The molecule has 0 bridgehead atoms. The molecule has 1 aromatic heterocycles. The quantitative estimate of drug-likeness (QED) is 0.740. The van der Waals surface area contributed by atoms with Crippen molar-refractivity contribution in [3.8, 4) is 0 Å². The van der Waals surface area contributed by atoms with Crippen molar-refractivity contribution in [3.05, 3.63) is 18.2 Å². The normalized spacial score (nSPS) is 19.8. The Kier molecular flexibility index (Phi) is 5.16. The first-order valence-corrected chi connectivity index (χ1v) is 6.89. The molecule has 0 amide bonds. The molecule has 1 saturated heterocycles. The van der Waals surface area contributed by atoms with Gasteiger partial charge in [0.1, 0.15) is 0 Å². The first-order chi connectivity index (χ1) is 8.83. The number of aryl methyl sites for hydroxylation is 1. The van der Waals surface area contributed by atoms with E-state index in [-0.39, 0.29) is 6.61 Å². The fourth-order valence-electron chi connectivity index (χ4n) is 2.59. The molecule has 5 heteroatoms. The topological polar surface area (TPSA) is 53.3 Å². The number of nitrogens with zero attached hydrogens (tertiary/aromatic N) is 3. The van der Waals surface area contributed by atoms with E-state index in [0.717, 1.165) is 32.7 Å². The number of hydrogen-bond acceptors (Lipinski definition) is 4. The molecule has 1 unspecified atom stereocenters. The van der Waals surface area contributed by atoms with E-state index in [1.807, 2.05) is 12.5 Å². The van der Waals surface area contributed by atoms with E-state index >= 15 is 0 Å². The minimum absolute atomic E-state index is 0.215. The van der Waals surface area contributed by atoms with Crippen molar-refractivity contribution in [1.82, 2.24) is 19.8 Å². The summed E-state index contributed by atoms with van der Waals surface area (Å²) in [6.45, 7) is 7.02. The monoisotopic (exact) mass is 252 g/mol. The lowest BCUT2D eigenvalue weighted by Crippen LogP contribution is -2.38. The van der Waals surface area contributed by atoms with E-state index < -0.39 is 0 Å². The van der Waals surface area contributed by atoms with Crippen LogP contribution in [0.1, 0.15) is 25.5 Å². The Morgan fingerprint density at radius 2 is 2.50 bits per heavy atom. The predicted octanol–water partition coefficient (Wildman–Crippen LogP) is 0.449. The highest BCUT2D eigenvalue weighted by molar-refractivity contribution is 4.98. The maximum atomic E-state index is 9.18. The van der Waals surface area contributed by atoms with Gasteiger partial charge in [-0.2, -0.15) is 0 Å².